The van der Waals surface area contributed by atoms with Crippen LogP contribution in [0.15, 0.2) is 30.3 Å². The Morgan fingerprint density at radius 3 is 2.11 bits per heavy atom. The van der Waals surface area contributed by atoms with Crippen LogP contribution in [-0.2, 0) is 9.53 Å². The van der Waals surface area contributed by atoms with Crippen molar-refractivity contribution < 1.29 is 9.53 Å². The van der Waals surface area contributed by atoms with E-state index in [0.717, 1.165) is 5.56 Å². The Balaban J connectivity index is 2.92. The van der Waals surface area contributed by atoms with Crippen LogP contribution in [0, 0.1) is 0 Å². The first kappa shape index (κ1) is 15.7. The van der Waals surface area contributed by atoms with Gasteiger partial charge in [-0.3, -0.25) is 9.69 Å². The molecule has 0 saturated carbocycles. The van der Waals surface area contributed by atoms with Crippen LogP contribution >= 0.6 is 0 Å². The third kappa shape index (κ3) is 4.67. The van der Waals surface area contributed by atoms with Crippen molar-refractivity contribution in [2.45, 2.75) is 45.3 Å². The highest BCUT2D eigenvalue weighted by Crippen LogP contribution is 2.24. The number of ether oxygens (including phenoxy) is 1. The summed E-state index contributed by atoms with van der Waals surface area (Å²) in [5, 5.41) is 0. The fourth-order valence-electron chi connectivity index (χ4n) is 2.16. The second-order valence-electron chi connectivity index (χ2n) is 6.14. The molecule has 0 radical (unpaired) electrons. The molecule has 2 unspecified atom stereocenters. The van der Waals surface area contributed by atoms with Crippen LogP contribution in [0.2, 0.25) is 0 Å². The van der Waals surface area contributed by atoms with Gasteiger partial charge < -0.3 is 4.74 Å². The van der Waals surface area contributed by atoms with Crippen LogP contribution in [0.4, 0.5) is 0 Å². The molecule has 0 aliphatic rings. The molecule has 0 aliphatic heterocycles. The van der Waals surface area contributed by atoms with Gasteiger partial charge in [0.05, 0.1) is 0 Å². The lowest BCUT2D eigenvalue weighted by atomic mass is 9.92. The molecule has 0 aliphatic carbocycles. The molecule has 1 aromatic carbocycles. The average molecular weight is 263 g/mol. The predicted octanol–water partition coefficient (Wildman–Crippen LogP) is 3.06. The van der Waals surface area contributed by atoms with Gasteiger partial charge >= 0.3 is 5.97 Å². The van der Waals surface area contributed by atoms with Gasteiger partial charge in [-0.05, 0) is 40.4 Å². The summed E-state index contributed by atoms with van der Waals surface area (Å²) in [7, 11) is 3.82. The molecule has 1 rings (SSSR count). The van der Waals surface area contributed by atoms with Gasteiger partial charge in [0.25, 0.3) is 0 Å². The molecule has 0 bridgehead atoms. The van der Waals surface area contributed by atoms with Gasteiger partial charge in [0.1, 0.15) is 11.6 Å². The van der Waals surface area contributed by atoms with Gasteiger partial charge in [0.2, 0.25) is 0 Å². The maximum atomic E-state index is 12.4. The zero-order valence-electron chi connectivity index (χ0n) is 12.8. The van der Waals surface area contributed by atoms with E-state index in [2.05, 4.69) is 6.92 Å². The topological polar surface area (TPSA) is 29.5 Å². The van der Waals surface area contributed by atoms with Crippen LogP contribution in [-0.4, -0.2) is 36.6 Å². The monoisotopic (exact) mass is 263 g/mol. The Labute approximate surface area is 116 Å². The van der Waals surface area contributed by atoms with Gasteiger partial charge in [-0.2, -0.15) is 0 Å². The molecule has 3 nitrogen and oxygen atoms in total. The van der Waals surface area contributed by atoms with Gasteiger partial charge in [-0.1, -0.05) is 37.3 Å². The van der Waals surface area contributed by atoms with Crippen molar-refractivity contribution in [2.75, 3.05) is 14.1 Å². The van der Waals surface area contributed by atoms with Crippen LogP contribution in [0.5, 0.6) is 0 Å². The average Bonchev–Trinajstić information content (AvgIpc) is 2.27. The number of rotatable bonds is 4. The van der Waals surface area contributed by atoms with E-state index in [1.54, 1.807) is 0 Å². The fourth-order valence-corrected chi connectivity index (χ4v) is 2.16. The van der Waals surface area contributed by atoms with E-state index in [9.17, 15) is 4.79 Å². The molecule has 0 aromatic heterocycles. The maximum absolute atomic E-state index is 12.4. The first-order valence-electron chi connectivity index (χ1n) is 6.66. The highest BCUT2D eigenvalue weighted by atomic mass is 16.6. The quantitative estimate of drug-likeness (QED) is 0.782. The van der Waals surface area contributed by atoms with E-state index in [1.165, 1.54) is 0 Å². The molecule has 3 heteroatoms. The van der Waals surface area contributed by atoms with Crippen LogP contribution in [0.3, 0.4) is 0 Å². The maximum Gasteiger partial charge on any atom is 0.324 e. The molecule has 2 atom stereocenters. The second kappa shape index (κ2) is 6.20. The smallest absolute Gasteiger partial charge is 0.324 e. The first-order chi connectivity index (χ1) is 8.72. The Morgan fingerprint density at radius 2 is 1.68 bits per heavy atom. The summed E-state index contributed by atoms with van der Waals surface area (Å²) in [6.45, 7) is 7.74. The second-order valence-corrected chi connectivity index (χ2v) is 6.14. The number of carbonyl (C=O) groups excluding carboxylic acids is 1. The van der Waals surface area contributed by atoms with Crippen LogP contribution in [0.25, 0.3) is 0 Å². The van der Waals surface area contributed by atoms with E-state index in [-0.39, 0.29) is 17.9 Å². The van der Waals surface area contributed by atoms with Crippen LogP contribution in [0.1, 0.15) is 39.2 Å². The summed E-state index contributed by atoms with van der Waals surface area (Å²) in [5.41, 5.74) is 0.689. The minimum atomic E-state index is -0.457. The highest BCUT2D eigenvalue weighted by Gasteiger charge is 2.32. The van der Waals surface area contributed by atoms with Crippen molar-refractivity contribution in [1.82, 2.24) is 4.90 Å². The molecule has 0 heterocycles. The van der Waals surface area contributed by atoms with Gasteiger partial charge in [-0.15, -0.1) is 0 Å². The van der Waals surface area contributed by atoms with E-state index in [0.29, 0.717) is 0 Å². The van der Waals surface area contributed by atoms with Crippen molar-refractivity contribution in [1.29, 1.82) is 0 Å². The van der Waals surface area contributed by atoms with Crippen molar-refractivity contribution in [3.05, 3.63) is 35.9 Å². The minimum Gasteiger partial charge on any atom is -0.459 e. The fraction of sp³-hybridized carbons (Fsp3) is 0.562. The van der Waals surface area contributed by atoms with Crippen molar-refractivity contribution in [2.24, 2.45) is 0 Å². The lowest BCUT2D eigenvalue weighted by Gasteiger charge is -2.31. The molecule has 106 valence electrons. The Bertz CT molecular complexity index is 407. The Morgan fingerprint density at radius 1 is 1.16 bits per heavy atom. The number of hydrogen-bond donors (Lipinski definition) is 0. The molecule has 0 fully saturated rings. The summed E-state index contributed by atoms with van der Waals surface area (Å²) >= 11 is 0. The molecule has 0 N–H and O–H groups in total. The van der Waals surface area contributed by atoms with Crippen molar-refractivity contribution >= 4 is 5.97 Å². The molecule has 0 amide bonds. The van der Waals surface area contributed by atoms with Gasteiger partial charge in [0, 0.05) is 5.92 Å². The SMILES string of the molecule is CC(c1ccccc1)C(C(=O)OC(C)(C)C)N(C)C. The summed E-state index contributed by atoms with van der Waals surface area (Å²) in [5.74, 6) is -0.0834. The number of hydrogen-bond acceptors (Lipinski definition) is 3. The zero-order valence-corrected chi connectivity index (χ0v) is 12.8. The number of esters is 1. The van der Waals surface area contributed by atoms with Gasteiger partial charge in [0.15, 0.2) is 0 Å². The summed E-state index contributed by atoms with van der Waals surface area (Å²) in [4.78, 5) is 14.3. The molecular formula is C16H25NO2. The summed E-state index contributed by atoms with van der Waals surface area (Å²) < 4.78 is 5.52. The number of likely N-dealkylation sites (N-methyl/N-ethyl adjacent to an activating group) is 1. The van der Waals surface area contributed by atoms with Crippen molar-refractivity contribution in [3.8, 4) is 0 Å². The zero-order chi connectivity index (χ0) is 14.6. The summed E-state index contributed by atoms with van der Waals surface area (Å²) in [6, 6.07) is 9.79. The first-order valence-corrected chi connectivity index (χ1v) is 6.66. The Kier molecular flexibility index (Phi) is 5.12. The van der Waals surface area contributed by atoms with E-state index in [4.69, 9.17) is 4.74 Å². The normalized spacial score (nSPS) is 15.1. The van der Waals surface area contributed by atoms with Crippen LogP contribution < -0.4 is 0 Å². The molecule has 0 spiro atoms. The minimum absolute atomic E-state index is 0.0889. The lowest BCUT2D eigenvalue weighted by molar-refractivity contribution is -0.161. The molecule has 1 aromatic rings. The third-order valence-corrected chi connectivity index (χ3v) is 3.00. The predicted molar refractivity (Wildman–Crippen MR) is 78.2 cm³/mol. The standard InChI is InChI=1S/C16H25NO2/c1-12(13-10-8-7-9-11-13)14(17(5)6)15(18)19-16(2,3)4/h7-12,14H,1-6H3. The highest BCUT2D eigenvalue weighted by molar-refractivity contribution is 5.77. The van der Waals surface area contributed by atoms with E-state index >= 15 is 0 Å². The largest absolute Gasteiger partial charge is 0.459 e. The molecular weight excluding hydrogens is 238 g/mol. The molecule has 0 saturated heterocycles. The number of carbonyl (C=O) groups is 1. The number of benzene rings is 1. The lowest BCUT2D eigenvalue weighted by Crippen LogP contribution is -2.43. The van der Waals surface area contributed by atoms with Crippen molar-refractivity contribution in [3.63, 3.8) is 0 Å². The number of nitrogens with zero attached hydrogens (tertiary/aromatic N) is 1. The third-order valence-electron chi connectivity index (χ3n) is 3.00. The molecule has 19 heavy (non-hydrogen) atoms. The Hall–Kier alpha value is -1.35. The van der Waals surface area contributed by atoms with E-state index < -0.39 is 5.60 Å². The van der Waals surface area contributed by atoms with E-state index in [1.807, 2.05) is 70.1 Å². The van der Waals surface area contributed by atoms with Gasteiger partial charge in [-0.25, -0.2) is 0 Å². The summed E-state index contributed by atoms with van der Waals surface area (Å²) in [6.07, 6.45) is 0.